The Kier molecular flexibility index (Phi) is 6.27. The summed E-state index contributed by atoms with van der Waals surface area (Å²) in [6.07, 6.45) is 0.288. The van der Waals surface area contributed by atoms with Gasteiger partial charge in [-0.25, -0.2) is 13.6 Å². The molecule has 1 aromatic heterocycles. The second-order valence-corrected chi connectivity index (χ2v) is 6.13. The number of nitrogens with zero attached hydrogens (tertiary/aromatic N) is 3. The molecule has 1 unspecified atom stereocenters. The number of hydrogen-bond donors (Lipinski definition) is 1. The van der Waals surface area contributed by atoms with E-state index < -0.39 is 28.2 Å². The van der Waals surface area contributed by atoms with Gasteiger partial charge in [0.1, 0.15) is 12.5 Å². The summed E-state index contributed by atoms with van der Waals surface area (Å²) in [6, 6.07) is 11.0. The Morgan fingerprint density at radius 1 is 1.28 bits per heavy atom. The van der Waals surface area contributed by atoms with Crippen LogP contribution in [0, 0.1) is 11.3 Å². The zero-order valence-corrected chi connectivity index (χ0v) is 14.4. The van der Waals surface area contributed by atoms with Crippen molar-refractivity contribution in [3.8, 4) is 11.9 Å². The van der Waals surface area contributed by atoms with Gasteiger partial charge in [0.25, 0.3) is 5.56 Å². The van der Waals surface area contributed by atoms with E-state index in [2.05, 4.69) is 0 Å². The number of ether oxygens (including phenoxy) is 1. The molecule has 2 rings (SSSR count). The molecule has 0 saturated heterocycles. The summed E-state index contributed by atoms with van der Waals surface area (Å²) in [5.74, 6) is -0.555. The standard InChI is InChI=1S/C16H17N3O5S/c1-18-15(24-9-5-8-17)13(10-12-6-3-2-4-7-12)14(20)19(16(18)21)11-25(22)23/h2-4,6-7H,5,9-11H2,1H3,(H,22,23). The largest absolute Gasteiger partial charge is 0.477 e. The minimum Gasteiger partial charge on any atom is -0.477 e. The molecule has 132 valence electrons. The molecule has 0 aliphatic carbocycles. The van der Waals surface area contributed by atoms with Crippen molar-refractivity contribution in [2.75, 3.05) is 6.61 Å². The molecule has 0 radical (unpaired) electrons. The van der Waals surface area contributed by atoms with E-state index in [0.717, 1.165) is 10.1 Å². The highest BCUT2D eigenvalue weighted by Gasteiger charge is 2.20. The molecule has 1 N–H and O–H groups in total. The molecule has 0 aliphatic rings. The van der Waals surface area contributed by atoms with Gasteiger partial charge in [0.2, 0.25) is 5.88 Å². The van der Waals surface area contributed by atoms with Crippen LogP contribution in [0.15, 0.2) is 39.9 Å². The Morgan fingerprint density at radius 2 is 1.96 bits per heavy atom. The molecule has 25 heavy (non-hydrogen) atoms. The lowest BCUT2D eigenvalue weighted by molar-refractivity contribution is 0.290. The summed E-state index contributed by atoms with van der Waals surface area (Å²) in [5, 5.41) is 8.64. The van der Waals surface area contributed by atoms with Crippen LogP contribution in [0.2, 0.25) is 0 Å². The number of hydrogen-bond acceptors (Lipinski definition) is 5. The van der Waals surface area contributed by atoms with Gasteiger partial charge < -0.3 is 9.29 Å². The van der Waals surface area contributed by atoms with E-state index in [1.54, 1.807) is 0 Å². The van der Waals surface area contributed by atoms with Crippen molar-refractivity contribution in [2.45, 2.75) is 18.7 Å². The lowest BCUT2D eigenvalue weighted by Crippen LogP contribution is -2.42. The fraction of sp³-hybridized carbons (Fsp3) is 0.312. The molecule has 0 saturated carbocycles. The summed E-state index contributed by atoms with van der Waals surface area (Å²) < 4.78 is 27.5. The monoisotopic (exact) mass is 363 g/mol. The molecule has 9 heteroatoms. The third kappa shape index (κ3) is 4.43. The highest BCUT2D eigenvalue weighted by molar-refractivity contribution is 7.78. The lowest BCUT2D eigenvalue weighted by atomic mass is 10.1. The van der Waals surface area contributed by atoms with Crippen LogP contribution >= 0.6 is 0 Å². The molecule has 0 spiro atoms. The molecule has 0 aliphatic heterocycles. The molecule has 1 aromatic carbocycles. The highest BCUT2D eigenvalue weighted by Crippen LogP contribution is 2.17. The molecule has 1 atom stereocenters. The third-order valence-corrected chi connectivity index (χ3v) is 3.98. The molecule has 0 bridgehead atoms. The van der Waals surface area contributed by atoms with E-state index in [1.165, 1.54) is 7.05 Å². The van der Waals surface area contributed by atoms with Crippen molar-refractivity contribution in [2.24, 2.45) is 7.05 Å². The Bertz CT molecular complexity index is 928. The summed E-state index contributed by atoms with van der Waals surface area (Å²) in [7, 11) is 1.41. The van der Waals surface area contributed by atoms with E-state index in [1.807, 2.05) is 36.4 Å². The van der Waals surface area contributed by atoms with E-state index in [4.69, 9.17) is 14.6 Å². The van der Waals surface area contributed by atoms with Crippen molar-refractivity contribution >= 4 is 11.1 Å². The van der Waals surface area contributed by atoms with E-state index in [9.17, 15) is 13.8 Å². The van der Waals surface area contributed by atoms with Crippen LogP contribution in [0.5, 0.6) is 5.88 Å². The fourth-order valence-corrected chi connectivity index (χ4v) is 2.81. The smallest absolute Gasteiger partial charge is 0.334 e. The average molecular weight is 363 g/mol. The fourth-order valence-electron chi connectivity index (χ4n) is 2.36. The summed E-state index contributed by atoms with van der Waals surface area (Å²) in [6.45, 7) is 0.0287. The summed E-state index contributed by atoms with van der Waals surface area (Å²) in [5.41, 5.74) is -0.422. The number of rotatable bonds is 7. The van der Waals surface area contributed by atoms with Crippen molar-refractivity contribution in [1.82, 2.24) is 9.13 Å². The maximum Gasteiger partial charge on any atom is 0.334 e. The van der Waals surface area contributed by atoms with Crippen molar-refractivity contribution < 1.29 is 13.5 Å². The van der Waals surface area contributed by atoms with E-state index >= 15 is 0 Å². The van der Waals surface area contributed by atoms with Gasteiger partial charge in [-0.2, -0.15) is 5.26 Å². The number of benzene rings is 1. The molecular weight excluding hydrogens is 346 g/mol. The Balaban J connectivity index is 2.60. The van der Waals surface area contributed by atoms with Crippen LogP contribution in [-0.2, 0) is 30.4 Å². The van der Waals surface area contributed by atoms with Crippen LogP contribution in [0.25, 0.3) is 0 Å². The predicted octanol–water partition coefficient (Wildman–Crippen LogP) is 0.609. The van der Waals surface area contributed by atoms with Crippen LogP contribution in [0.3, 0.4) is 0 Å². The topological polar surface area (TPSA) is 114 Å². The minimum absolute atomic E-state index is 0.0287. The quantitative estimate of drug-likeness (QED) is 0.569. The maximum absolute atomic E-state index is 12.7. The van der Waals surface area contributed by atoms with Gasteiger partial charge in [-0.05, 0) is 5.56 Å². The molecule has 0 fully saturated rings. The van der Waals surface area contributed by atoms with Gasteiger partial charge in [0.05, 0.1) is 18.1 Å². The van der Waals surface area contributed by atoms with Crippen molar-refractivity contribution in [3.63, 3.8) is 0 Å². The van der Waals surface area contributed by atoms with E-state index in [-0.39, 0.29) is 30.9 Å². The van der Waals surface area contributed by atoms with Crippen LogP contribution in [-0.4, -0.2) is 24.5 Å². The van der Waals surface area contributed by atoms with Gasteiger partial charge in [0.15, 0.2) is 11.1 Å². The van der Waals surface area contributed by atoms with Crippen LogP contribution < -0.4 is 16.0 Å². The molecule has 8 nitrogen and oxygen atoms in total. The number of nitriles is 1. The first kappa shape index (κ1) is 18.6. The van der Waals surface area contributed by atoms with Gasteiger partial charge in [-0.1, -0.05) is 30.3 Å². The van der Waals surface area contributed by atoms with Crippen molar-refractivity contribution in [3.05, 3.63) is 62.3 Å². The van der Waals surface area contributed by atoms with E-state index in [0.29, 0.717) is 4.57 Å². The Labute approximate surface area is 146 Å². The maximum atomic E-state index is 12.7. The minimum atomic E-state index is -2.35. The molecular formula is C16H17N3O5S. The lowest BCUT2D eigenvalue weighted by Gasteiger charge is -2.16. The number of aromatic nitrogens is 2. The predicted molar refractivity (Wildman–Crippen MR) is 91.7 cm³/mol. The first-order valence-corrected chi connectivity index (χ1v) is 8.67. The summed E-state index contributed by atoms with van der Waals surface area (Å²) in [4.78, 5) is 25.0. The van der Waals surface area contributed by atoms with Crippen LogP contribution in [0.4, 0.5) is 0 Å². The first-order chi connectivity index (χ1) is 12.0. The zero-order chi connectivity index (χ0) is 18.4. The van der Waals surface area contributed by atoms with Gasteiger partial charge in [0, 0.05) is 13.5 Å². The second-order valence-electron chi connectivity index (χ2n) is 5.23. The highest BCUT2D eigenvalue weighted by atomic mass is 32.2. The van der Waals surface area contributed by atoms with Crippen molar-refractivity contribution in [1.29, 1.82) is 5.26 Å². The van der Waals surface area contributed by atoms with Gasteiger partial charge in [-0.3, -0.25) is 9.36 Å². The molecule has 1 heterocycles. The first-order valence-electron chi connectivity index (χ1n) is 7.39. The van der Waals surface area contributed by atoms with Gasteiger partial charge in [-0.15, -0.1) is 0 Å². The normalized spacial score (nSPS) is 11.7. The van der Waals surface area contributed by atoms with Gasteiger partial charge >= 0.3 is 5.69 Å². The Morgan fingerprint density at radius 3 is 2.56 bits per heavy atom. The Hall–Kier alpha value is -2.70. The SMILES string of the molecule is Cn1c(OCCC#N)c(Cc2ccccc2)c(=O)n(CS(=O)O)c1=O. The molecule has 0 amide bonds. The third-order valence-electron chi connectivity index (χ3n) is 3.50. The summed E-state index contributed by atoms with van der Waals surface area (Å²) >= 11 is -2.35. The van der Waals surface area contributed by atoms with Crippen LogP contribution in [0.1, 0.15) is 17.5 Å². The zero-order valence-electron chi connectivity index (χ0n) is 13.5. The second kappa shape index (κ2) is 8.41. The average Bonchev–Trinajstić information content (AvgIpc) is 2.60. The molecule has 2 aromatic rings.